The van der Waals surface area contributed by atoms with Gasteiger partial charge in [-0.15, -0.1) is 0 Å². The van der Waals surface area contributed by atoms with Crippen molar-refractivity contribution < 1.29 is 19.1 Å². The summed E-state index contributed by atoms with van der Waals surface area (Å²) in [5, 5.41) is 0.608. The van der Waals surface area contributed by atoms with Crippen LogP contribution < -0.4 is 0 Å². The van der Waals surface area contributed by atoms with E-state index in [9.17, 15) is 9.59 Å². The molecule has 20 heavy (non-hydrogen) atoms. The average molecular weight is 298 g/mol. The quantitative estimate of drug-likeness (QED) is 0.787. The second-order valence-corrected chi connectivity index (χ2v) is 4.92. The Morgan fingerprint density at radius 3 is 2.80 bits per heavy atom. The van der Waals surface area contributed by atoms with E-state index >= 15 is 0 Å². The van der Waals surface area contributed by atoms with Gasteiger partial charge < -0.3 is 9.47 Å². The smallest absolute Gasteiger partial charge is 0.410 e. The molecule has 1 aliphatic heterocycles. The van der Waals surface area contributed by atoms with E-state index in [2.05, 4.69) is 0 Å². The summed E-state index contributed by atoms with van der Waals surface area (Å²) < 4.78 is 9.77. The molecule has 0 saturated carbocycles. The standard InChI is InChI=1S/C14H16ClNO4/c1-3-20-14(18)16-8-9-4-5-11(15)6-10(9)7-12(16)13(17)19-2/h4-6,12H,3,7-8H2,1-2H3. The van der Waals surface area contributed by atoms with Crippen molar-refractivity contribution in [1.82, 2.24) is 4.90 Å². The first-order valence-corrected chi connectivity index (χ1v) is 6.73. The molecule has 0 fully saturated rings. The molecule has 1 unspecified atom stereocenters. The molecule has 1 atom stereocenters. The maximum absolute atomic E-state index is 12.0. The number of halogens is 1. The average Bonchev–Trinajstić information content (AvgIpc) is 2.45. The van der Waals surface area contributed by atoms with Gasteiger partial charge in [0.15, 0.2) is 0 Å². The Morgan fingerprint density at radius 2 is 2.15 bits per heavy atom. The van der Waals surface area contributed by atoms with E-state index in [-0.39, 0.29) is 6.61 Å². The topological polar surface area (TPSA) is 55.8 Å². The van der Waals surface area contributed by atoms with Gasteiger partial charge in [0.05, 0.1) is 20.3 Å². The molecule has 0 bridgehead atoms. The number of esters is 1. The number of benzene rings is 1. The van der Waals surface area contributed by atoms with E-state index in [1.807, 2.05) is 12.1 Å². The normalized spacial score (nSPS) is 17.4. The number of fused-ring (bicyclic) bond motifs is 1. The molecule has 108 valence electrons. The summed E-state index contributed by atoms with van der Waals surface area (Å²) in [5.74, 6) is -0.455. The lowest BCUT2D eigenvalue weighted by atomic mass is 9.94. The highest BCUT2D eigenvalue weighted by Crippen LogP contribution is 2.27. The second-order valence-electron chi connectivity index (χ2n) is 4.48. The van der Waals surface area contributed by atoms with Crippen LogP contribution in [-0.4, -0.2) is 36.7 Å². The van der Waals surface area contributed by atoms with Crippen LogP contribution in [0.25, 0.3) is 0 Å². The van der Waals surface area contributed by atoms with E-state index < -0.39 is 18.1 Å². The van der Waals surface area contributed by atoms with Gasteiger partial charge in [-0.25, -0.2) is 9.59 Å². The van der Waals surface area contributed by atoms with Crippen molar-refractivity contribution in [1.29, 1.82) is 0 Å². The van der Waals surface area contributed by atoms with Crippen molar-refractivity contribution in [2.75, 3.05) is 13.7 Å². The van der Waals surface area contributed by atoms with Gasteiger partial charge in [-0.05, 0) is 30.2 Å². The van der Waals surface area contributed by atoms with Crippen molar-refractivity contribution in [3.63, 3.8) is 0 Å². The first-order chi connectivity index (χ1) is 9.56. The minimum Gasteiger partial charge on any atom is -0.467 e. The molecule has 1 aromatic carbocycles. The zero-order chi connectivity index (χ0) is 14.7. The fraction of sp³-hybridized carbons (Fsp3) is 0.429. The van der Waals surface area contributed by atoms with Gasteiger partial charge >= 0.3 is 12.1 Å². The van der Waals surface area contributed by atoms with Crippen molar-refractivity contribution >= 4 is 23.7 Å². The van der Waals surface area contributed by atoms with Crippen LogP contribution in [-0.2, 0) is 27.2 Å². The number of hydrogen-bond acceptors (Lipinski definition) is 4. The van der Waals surface area contributed by atoms with Crippen LogP contribution in [0.2, 0.25) is 5.02 Å². The summed E-state index contributed by atoms with van der Waals surface area (Å²) in [7, 11) is 1.30. The Bertz CT molecular complexity index is 532. The van der Waals surface area contributed by atoms with Crippen LogP contribution in [0.3, 0.4) is 0 Å². The highest BCUT2D eigenvalue weighted by atomic mass is 35.5. The lowest BCUT2D eigenvalue weighted by molar-refractivity contribution is -0.147. The van der Waals surface area contributed by atoms with Crippen molar-refractivity contribution in [2.24, 2.45) is 0 Å². The number of rotatable bonds is 2. The summed E-state index contributed by atoms with van der Waals surface area (Å²) >= 11 is 5.97. The summed E-state index contributed by atoms with van der Waals surface area (Å²) in [5.41, 5.74) is 1.91. The minimum atomic E-state index is -0.676. The molecule has 6 heteroatoms. The third-order valence-electron chi connectivity index (χ3n) is 3.27. The third kappa shape index (κ3) is 2.88. The number of carbonyl (C=O) groups is 2. The number of methoxy groups -OCH3 is 1. The summed E-state index contributed by atoms with van der Waals surface area (Å²) in [4.78, 5) is 25.2. The van der Waals surface area contributed by atoms with Crippen molar-refractivity contribution in [3.8, 4) is 0 Å². The Balaban J connectivity index is 2.32. The predicted molar refractivity (Wildman–Crippen MR) is 73.5 cm³/mol. The van der Waals surface area contributed by atoms with E-state index in [1.165, 1.54) is 12.0 Å². The van der Waals surface area contributed by atoms with E-state index in [1.54, 1.807) is 13.0 Å². The zero-order valence-corrected chi connectivity index (χ0v) is 12.1. The van der Waals surface area contributed by atoms with Crippen molar-refractivity contribution in [2.45, 2.75) is 25.9 Å². The van der Waals surface area contributed by atoms with Crippen LogP contribution in [0.5, 0.6) is 0 Å². The van der Waals surface area contributed by atoms with E-state index in [0.29, 0.717) is 18.0 Å². The summed E-state index contributed by atoms with van der Waals surface area (Å²) in [6, 6.07) is 4.76. The maximum Gasteiger partial charge on any atom is 0.410 e. The van der Waals surface area contributed by atoms with E-state index in [4.69, 9.17) is 21.1 Å². The molecule has 0 radical (unpaired) electrons. The minimum absolute atomic E-state index is 0.261. The fourth-order valence-electron chi connectivity index (χ4n) is 2.30. The molecule has 0 saturated heterocycles. The van der Waals surface area contributed by atoms with Gasteiger partial charge in [0, 0.05) is 11.4 Å². The van der Waals surface area contributed by atoms with Gasteiger partial charge in [0.1, 0.15) is 6.04 Å². The fourth-order valence-corrected chi connectivity index (χ4v) is 2.49. The molecule has 0 aliphatic carbocycles. The van der Waals surface area contributed by atoms with Crippen LogP contribution in [0.15, 0.2) is 18.2 Å². The molecule has 0 aromatic heterocycles. The second kappa shape index (κ2) is 6.13. The van der Waals surface area contributed by atoms with E-state index in [0.717, 1.165) is 11.1 Å². The first-order valence-electron chi connectivity index (χ1n) is 6.35. The van der Waals surface area contributed by atoms with Crippen molar-refractivity contribution in [3.05, 3.63) is 34.3 Å². The maximum atomic E-state index is 12.0. The predicted octanol–water partition coefficient (Wildman–Crippen LogP) is 2.40. The molecular formula is C14H16ClNO4. The highest BCUT2D eigenvalue weighted by molar-refractivity contribution is 6.30. The molecular weight excluding hydrogens is 282 g/mol. The van der Waals surface area contributed by atoms with Crippen LogP contribution >= 0.6 is 11.6 Å². The third-order valence-corrected chi connectivity index (χ3v) is 3.51. The van der Waals surface area contributed by atoms with Gasteiger partial charge in [0.25, 0.3) is 0 Å². The molecule has 5 nitrogen and oxygen atoms in total. The SMILES string of the molecule is CCOC(=O)N1Cc2ccc(Cl)cc2CC1C(=O)OC. The number of amides is 1. The molecule has 0 N–H and O–H groups in total. The monoisotopic (exact) mass is 297 g/mol. The first kappa shape index (κ1) is 14.7. The molecule has 1 heterocycles. The summed E-state index contributed by atoms with van der Waals surface area (Å²) in [6.45, 7) is 2.30. The molecule has 1 aliphatic rings. The highest BCUT2D eigenvalue weighted by Gasteiger charge is 2.36. The molecule has 1 amide bonds. The largest absolute Gasteiger partial charge is 0.467 e. The Labute approximate surface area is 122 Å². The van der Waals surface area contributed by atoms with Gasteiger partial charge in [-0.3, -0.25) is 4.90 Å². The number of hydrogen-bond donors (Lipinski definition) is 0. The van der Waals surface area contributed by atoms with Crippen LogP contribution in [0.4, 0.5) is 4.79 Å². The lowest BCUT2D eigenvalue weighted by Crippen LogP contribution is -2.49. The van der Waals surface area contributed by atoms with Crippen LogP contribution in [0.1, 0.15) is 18.1 Å². The Hall–Kier alpha value is -1.75. The van der Waals surface area contributed by atoms with Gasteiger partial charge in [0.2, 0.25) is 0 Å². The summed E-state index contributed by atoms with van der Waals surface area (Å²) in [6.07, 6.45) is -0.134. The molecule has 2 rings (SSSR count). The van der Waals surface area contributed by atoms with Crippen LogP contribution in [0, 0.1) is 0 Å². The molecule has 1 aromatic rings. The molecule has 0 spiro atoms. The Morgan fingerprint density at radius 1 is 1.40 bits per heavy atom. The number of ether oxygens (including phenoxy) is 2. The van der Waals surface area contributed by atoms with Gasteiger partial charge in [-0.2, -0.15) is 0 Å². The zero-order valence-electron chi connectivity index (χ0n) is 11.4. The van der Waals surface area contributed by atoms with Gasteiger partial charge in [-0.1, -0.05) is 17.7 Å². The Kier molecular flexibility index (Phi) is 4.49. The number of nitrogens with zero attached hydrogens (tertiary/aromatic N) is 1. The number of carbonyl (C=O) groups excluding carboxylic acids is 2. The lowest BCUT2D eigenvalue weighted by Gasteiger charge is -2.34.